The smallest absolute Gasteiger partial charge is 0.188 e. The average Bonchev–Trinajstić information content (AvgIpc) is 2.47. The van der Waals surface area contributed by atoms with E-state index in [1.165, 1.54) is 5.56 Å². The zero-order chi connectivity index (χ0) is 14.6. The molecule has 0 aliphatic heterocycles. The molecule has 118 valence electrons. The van der Waals surface area contributed by atoms with E-state index in [9.17, 15) is 0 Å². The molecule has 0 spiro atoms. The summed E-state index contributed by atoms with van der Waals surface area (Å²) in [6, 6.07) is 8.16. The Morgan fingerprint density at radius 2 is 2.10 bits per heavy atom. The van der Waals surface area contributed by atoms with E-state index in [-0.39, 0.29) is 24.0 Å². The number of unbranched alkanes of at least 4 members (excludes halogenated alkanes) is 1. The summed E-state index contributed by atoms with van der Waals surface area (Å²) >= 11 is 0. The Morgan fingerprint density at radius 3 is 2.71 bits per heavy atom. The number of guanidine groups is 1. The lowest BCUT2D eigenvalue weighted by molar-refractivity contribution is 0.309. The van der Waals surface area contributed by atoms with Crippen LogP contribution in [0.2, 0.25) is 0 Å². The number of hydrogen-bond donors (Lipinski definition) is 2. The Balaban J connectivity index is 0.00000400. The number of rotatable bonds is 9. The van der Waals surface area contributed by atoms with Crippen molar-refractivity contribution < 1.29 is 4.74 Å². The molecule has 0 fully saturated rings. The van der Waals surface area contributed by atoms with Gasteiger partial charge in [-0.3, -0.25) is 4.99 Å². The maximum absolute atomic E-state index is 5.69. The summed E-state index contributed by atoms with van der Waals surface area (Å²) in [6.45, 7) is 7.86. The SMILES string of the molecule is C=CCNC(N)=NCCc1ccc(OCCCC)cc1.I. The van der Waals surface area contributed by atoms with E-state index in [0.717, 1.165) is 31.6 Å². The first kappa shape index (κ1) is 19.8. The van der Waals surface area contributed by atoms with Crippen LogP contribution in [-0.2, 0) is 6.42 Å². The standard InChI is InChI=1S/C16H25N3O.HI/c1-3-5-13-20-15-8-6-14(7-9-15)10-12-19-16(17)18-11-4-2;/h4,6-9H,2-3,5,10-13H2,1H3,(H3,17,18,19);1H. The van der Waals surface area contributed by atoms with Crippen LogP contribution in [0.1, 0.15) is 25.3 Å². The molecular formula is C16H26IN3O. The van der Waals surface area contributed by atoms with E-state index in [2.05, 4.69) is 35.9 Å². The van der Waals surface area contributed by atoms with Crippen molar-refractivity contribution in [2.24, 2.45) is 10.7 Å². The summed E-state index contributed by atoms with van der Waals surface area (Å²) in [5.74, 6) is 1.39. The number of halogens is 1. The number of nitrogens with one attached hydrogen (secondary N) is 1. The predicted molar refractivity (Wildman–Crippen MR) is 101 cm³/mol. The van der Waals surface area contributed by atoms with Gasteiger partial charge in [0, 0.05) is 13.1 Å². The van der Waals surface area contributed by atoms with Gasteiger partial charge in [-0.1, -0.05) is 31.6 Å². The monoisotopic (exact) mass is 403 g/mol. The lowest BCUT2D eigenvalue weighted by Gasteiger charge is -2.06. The Bertz CT molecular complexity index is 418. The van der Waals surface area contributed by atoms with Crippen LogP contribution in [0.4, 0.5) is 0 Å². The molecule has 1 aromatic carbocycles. The first-order chi connectivity index (χ1) is 9.76. The van der Waals surface area contributed by atoms with Crippen molar-refractivity contribution in [2.75, 3.05) is 19.7 Å². The summed E-state index contributed by atoms with van der Waals surface area (Å²) < 4.78 is 5.62. The molecule has 3 N–H and O–H groups in total. The second-order valence-corrected chi connectivity index (χ2v) is 4.53. The molecule has 0 saturated carbocycles. The van der Waals surface area contributed by atoms with Crippen molar-refractivity contribution >= 4 is 29.9 Å². The first-order valence-electron chi connectivity index (χ1n) is 7.12. The second kappa shape index (κ2) is 12.5. The van der Waals surface area contributed by atoms with E-state index < -0.39 is 0 Å². The normalized spacial score (nSPS) is 10.6. The number of nitrogens with zero attached hydrogens (tertiary/aromatic N) is 1. The highest BCUT2D eigenvalue weighted by molar-refractivity contribution is 14.0. The Labute approximate surface area is 144 Å². The summed E-state index contributed by atoms with van der Waals surface area (Å²) in [4.78, 5) is 4.24. The number of benzene rings is 1. The van der Waals surface area contributed by atoms with Crippen molar-refractivity contribution in [1.29, 1.82) is 0 Å². The minimum atomic E-state index is 0. The van der Waals surface area contributed by atoms with Crippen LogP contribution < -0.4 is 15.8 Å². The molecule has 0 bridgehead atoms. The molecule has 0 radical (unpaired) electrons. The molecule has 0 heterocycles. The van der Waals surface area contributed by atoms with Gasteiger partial charge in [0.05, 0.1) is 6.61 Å². The molecule has 0 aromatic heterocycles. The summed E-state index contributed by atoms with van der Waals surface area (Å²) in [6.07, 6.45) is 4.86. The molecule has 1 aromatic rings. The van der Waals surface area contributed by atoms with E-state index in [4.69, 9.17) is 10.5 Å². The number of nitrogens with two attached hydrogens (primary N) is 1. The summed E-state index contributed by atoms with van der Waals surface area (Å²) in [5.41, 5.74) is 6.92. The minimum Gasteiger partial charge on any atom is -0.494 e. The highest BCUT2D eigenvalue weighted by atomic mass is 127. The number of aliphatic imine (C=N–C) groups is 1. The quantitative estimate of drug-likeness (QED) is 0.219. The van der Waals surface area contributed by atoms with Crippen molar-refractivity contribution in [3.8, 4) is 5.75 Å². The topological polar surface area (TPSA) is 59.6 Å². The third kappa shape index (κ3) is 9.33. The molecule has 5 heteroatoms. The Kier molecular flexibility index (Phi) is 11.8. The Morgan fingerprint density at radius 1 is 1.38 bits per heavy atom. The summed E-state index contributed by atoms with van der Waals surface area (Å²) in [7, 11) is 0. The molecular weight excluding hydrogens is 377 g/mol. The maximum Gasteiger partial charge on any atom is 0.188 e. The van der Waals surface area contributed by atoms with Gasteiger partial charge in [0.25, 0.3) is 0 Å². The lowest BCUT2D eigenvalue weighted by Crippen LogP contribution is -2.31. The van der Waals surface area contributed by atoms with Crippen molar-refractivity contribution in [3.63, 3.8) is 0 Å². The number of ether oxygens (including phenoxy) is 1. The van der Waals surface area contributed by atoms with Gasteiger partial charge in [-0.15, -0.1) is 30.6 Å². The zero-order valence-corrected chi connectivity index (χ0v) is 15.0. The summed E-state index contributed by atoms with van der Waals surface area (Å²) in [5, 5.41) is 2.95. The van der Waals surface area contributed by atoms with Crippen LogP contribution in [0.25, 0.3) is 0 Å². The zero-order valence-electron chi connectivity index (χ0n) is 12.7. The molecule has 0 aliphatic rings. The van der Waals surface area contributed by atoms with Gasteiger partial charge in [0.1, 0.15) is 5.75 Å². The van der Waals surface area contributed by atoms with E-state index in [0.29, 0.717) is 19.0 Å². The molecule has 0 atom stereocenters. The van der Waals surface area contributed by atoms with Crippen molar-refractivity contribution in [2.45, 2.75) is 26.2 Å². The maximum atomic E-state index is 5.69. The van der Waals surface area contributed by atoms with Gasteiger partial charge in [-0.05, 0) is 30.5 Å². The van der Waals surface area contributed by atoms with E-state index >= 15 is 0 Å². The lowest BCUT2D eigenvalue weighted by atomic mass is 10.1. The molecule has 21 heavy (non-hydrogen) atoms. The average molecular weight is 403 g/mol. The third-order valence-corrected chi connectivity index (χ3v) is 2.80. The van der Waals surface area contributed by atoms with Crippen LogP contribution in [-0.4, -0.2) is 25.7 Å². The first-order valence-corrected chi connectivity index (χ1v) is 7.12. The Hall–Kier alpha value is -1.24. The van der Waals surface area contributed by atoms with E-state index in [1.54, 1.807) is 6.08 Å². The van der Waals surface area contributed by atoms with Gasteiger partial charge in [-0.25, -0.2) is 0 Å². The van der Waals surface area contributed by atoms with E-state index in [1.807, 2.05) is 12.1 Å². The van der Waals surface area contributed by atoms with Gasteiger partial charge in [0.15, 0.2) is 5.96 Å². The van der Waals surface area contributed by atoms with Crippen LogP contribution in [0.3, 0.4) is 0 Å². The largest absolute Gasteiger partial charge is 0.494 e. The van der Waals surface area contributed by atoms with Crippen LogP contribution in [0, 0.1) is 0 Å². The minimum absolute atomic E-state index is 0. The van der Waals surface area contributed by atoms with Crippen LogP contribution >= 0.6 is 24.0 Å². The second-order valence-electron chi connectivity index (χ2n) is 4.53. The molecule has 4 nitrogen and oxygen atoms in total. The molecule has 0 unspecified atom stereocenters. The predicted octanol–water partition coefficient (Wildman–Crippen LogP) is 3.12. The van der Waals surface area contributed by atoms with Gasteiger partial charge >= 0.3 is 0 Å². The number of hydrogen-bond acceptors (Lipinski definition) is 2. The van der Waals surface area contributed by atoms with Gasteiger partial charge in [-0.2, -0.15) is 0 Å². The molecule has 0 amide bonds. The van der Waals surface area contributed by atoms with Crippen molar-refractivity contribution in [3.05, 3.63) is 42.5 Å². The van der Waals surface area contributed by atoms with Crippen molar-refractivity contribution in [1.82, 2.24) is 5.32 Å². The third-order valence-electron chi connectivity index (χ3n) is 2.80. The van der Waals surface area contributed by atoms with Crippen LogP contribution in [0.5, 0.6) is 5.75 Å². The fourth-order valence-corrected chi connectivity index (χ4v) is 1.62. The fraction of sp³-hybridized carbons (Fsp3) is 0.438. The van der Waals surface area contributed by atoms with Crippen LogP contribution in [0.15, 0.2) is 41.9 Å². The molecule has 0 aliphatic carbocycles. The van der Waals surface area contributed by atoms with Gasteiger partial charge < -0.3 is 15.8 Å². The molecule has 1 rings (SSSR count). The molecule has 0 saturated heterocycles. The highest BCUT2D eigenvalue weighted by Crippen LogP contribution is 2.13. The van der Waals surface area contributed by atoms with Gasteiger partial charge in [0.2, 0.25) is 0 Å². The highest BCUT2D eigenvalue weighted by Gasteiger charge is 1.96. The fourth-order valence-electron chi connectivity index (χ4n) is 1.62.